The van der Waals surface area contributed by atoms with Crippen LogP contribution in [0.2, 0.25) is 0 Å². The molecule has 1 aromatic heterocycles. The number of ether oxygens (including phenoxy) is 1. The number of amides is 1. The summed E-state index contributed by atoms with van der Waals surface area (Å²) in [6.45, 7) is 6.52. The predicted octanol–water partition coefficient (Wildman–Crippen LogP) is 3.07. The Morgan fingerprint density at radius 2 is 2.00 bits per heavy atom. The van der Waals surface area contributed by atoms with Crippen LogP contribution in [0.1, 0.15) is 42.8 Å². The molecule has 23 heavy (non-hydrogen) atoms. The second-order valence-electron chi connectivity index (χ2n) is 5.76. The van der Waals surface area contributed by atoms with E-state index in [-0.39, 0.29) is 11.9 Å². The van der Waals surface area contributed by atoms with Crippen molar-refractivity contribution in [3.05, 3.63) is 47.3 Å². The van der Waals surface area contributed by atoms with Crippen molar-refractivity contribution < 1.29 is 9.53 Å². The fraction of sp³-hybridized carbons (Fsp3) is 0.444. The van der Waals surface area contributed by atoms with E-state index in [1.54, 1.807) is 0 Å². The normalized spacial score (nSPS) is 12.0. The molecule has 0 fully saturated rings. The first-order valence-corrected chi connectivity index (χ1v) is 7.96. The molecule has 2 rings (SSSR count). The minimum absolute atomic E-state index is 0.0359. The SMILES string of the molecule is Cc1nn(C)c(C)c1[C@@H](C)NC(=O)CCCOc1ccccc1. The van der Waals surface area contributed by atoms with Gasteiger partial charge in [-0.2, -0.15) is 5.10 Å². The van der Waals surface area contributed by atoms with E-state index in [2.05, 4.69) is 10.4 Å². The van der Waals surface area contributed by atoms with Crippen molar-refractivity contribution >= 4 is 5.91 Å². The molecule has 0 saturated carbocycles. The van der Waals surface area contributed by atoms with Crippen molar-refractivity contribution in [2.75, 3.05) is 6.61 Å². The van der Waals surface area contributed by atoms with Crippen LogP contribution in [-0.2, 0) is 11.8 Å². The van der Waals surface area contributed by atoms with Crippen LogP contribution in [0.15, 0.2) is 30.3 Å². The highest BCUT2D eigenvalue weighted by Crippen LogP contribution is 2.20. The Bertz CT molecular complexity index is 650. The summed E-state index contributed by atoms with van der Waals surface area (Å²) in [6, 6.07) is 9.60. The summed E-state index contributed by atoms with van der Waals surface area (Å²) in [6.07, 6.45) is 1.15. The average molecular weight is 315 g/mol. The lowest BCUT2D eigenvalue weighted by Gasteiger charge is -2.15. The number of nitrogens with one attached hydrogen (secondary N) is 1. The van der Waals surface area contributed by atoms with E-state index >= 15 is 0 Å². The van der Waals surface area contributed by atoms with Gasteiger partial charge in [0.25, 0.3) is 0 Å². The van der Waals surface area contributed by atoms with Crippen molar-refractivity contribution in [3.63, 3.8) is 0 Å². The molecular formula is C18H25N3O2. The molecule has 5 heteroatoms. The van der Waals surface area contributed by atoms with Crippen LogP contribution in [-0.4, -0.2) is 22.3 Å². The fourth-order valence-electron chi connectivity index (χ4n) is 2.74. The summed E-state index contributed by atoms with van der Waals surface area (Å²) in [5, 5.41) is 7.44. The third-order valence-corrected chi connectivity index (χ3v) is 3.94. The number of para-hydroxylation sites is 1. The van der Waals surface area contributed by atoms with E-state index in [0.29, 0.717) is 19.4 Å². The summed E-state index contributed by atoms with van der Waals surface area (Å²) in [4.78, 5) is 12.1. The highest BCUT2D eigenvalue weighted by atomic mass is 16.5. The molecule has 1 N–H and O–H groups in total. The fourth-order valence-corrected chi connectivity index (χ4v) is 2.74. The van der Waals surface area contributed by atoms with E-state index in [1.165, 1.54) is 0 Å². The van der Waals surface area contributed by atoms with Crippen LogP contribution in [0, 0.1) is 13.8 Å². The van der Waals surface area contributed by atoms with E-state index in [9.17, 15) is 4.79 Å². The Balaban J connectivity index is 1.76. The van der Waals surface area contributed by atoms with Crippen LogP contribution < -0.4 is 10.1 Å². The molecule has 0 saturated heterocycles. The van der Waals surface area contributed by atoms with Gasteiger partial charge in [-0.25, -0.2) is 0 Å². The Morgan fingerprint density at radius 3 is 2.61 bits per heavy atom. The van der Waals surface area contributed by atoms with Gasteiger partial charge in [-0.05, 0) is 39.3 Å². The summed E-state index contributed by atoms with van der Waals surface area (Å²) in [7, 11) is 1.92. The lowest BCUT2D eigenvalue weighted by Crippen LogP contribution is -2.27. The van der Waals surface area contributed by atoms with Gasteiger partial charge in [0.2, 0.25) is 5.91 Å². The van der Waals surface area contributed by atoms with Gasteiger partial charge in [0, 0.05) is 24.7 Å². The largest absolute Gasteiger partial charge is 0.494 e. The molecule has 0 spiro atoms. The number of hydrogen-bond acceptors (Lipinski definition) is 3. The van der Waals surface area contributed by atoms with E-state index in [4.69, 9.17) is 4.74 Å². The molecule has 0 unspecified atom stereocenters. The van der Waals surface area contributed by atoms with Gasteiger partial charge < -0.3 is 10.1 Å². The van der Waals surface area contributed by atoms with Crippen LogP contribution in [0.5, 0.6) is 5.75 Å². The molecular weight excluding hydrogens is 290 g/mol. The van der Waals surface area contributed by atoms with Gasteiger partial charge >= 0.3 is 0 Å². The van der Waals surface area contributed by atoms with E-state index < -0.39 is 0 Å². The Kier molecular flexibility index (Phi) is 5.79. The molecule has 1 atom stereocenters. The first kappa shape index (κ1) is 17.1. The number of hydrogen-bond donors (Lipinski definition) is 1. The van der Waals surface area contributed by atoms with Crippen molar-refractivity contribution in [3.8, 4) is 5.75 Å². The van der Waals surface area contributed by atoms with Gasteiger partial charge in [0.05, 0.1) is 18.3 Å². The number of carbonyl (C=O) groups excluding carboxylic acids is 1. The summed E-state index contributed by atoms with van der Waals surface area (Å²) < 4.78 is 7.44. The highest BCUT2D eigenvalue weighted by molar-refractivity contribution is 5.76. The number of nitrogens with zero attached hydrogens (tertiary/aromatic N) is 2. The Hall–Kier alpha value is -2.30. The third kappa shape index (κ3) is 4.58. The number of aryl methyl sites for hydroxylation is 2. The molecule has 0 aliphatic carbocycles. The van der Waals surface area contributed by atoms with Gasteiger partial charge in [0.15, 0.2) is 0 Å². The van der Waals surface area contributed by atoms with Gasteiger partial charge in [-0.1, -0.05) is 18.2 Å². The minimum atomic E-state index is -0.0359. The molecule has 0 bridgehead atoms. The third-order valence-electron chi connectivity index (χ3n) is 3.94. The molecule has 0 aliphatic heterocycles. The monoisotopic (exact) mass is 315 g/mol. The maximum absolute atomic E-state index is 12.1. The van der Waals surface area contributed by atoms with Crippen molar-refractivity contribution in [2.24, 2.45) is 7.05 Å². The Labute approximate surface area is 137 Å². The molecule has 2 aromatic rings. The summed E-state index contributed by atoms with van der Waals surface area (Å²) in [5.74, 6) is 0.875. The zero-order valence-electron chi connectivity index (χ0n) is 14.3. The number of aromatic nitrogens is 2. The average Bonchev–Trinajstić information content (AvgIpc) is 2.77. The second kappa shape index (κ2) is 7.81. The molecule has 0 radical (unpaired) electrons. The Morgan fingerprint density at radius 1 is 1.30 bits per heavy atom. The number of benzene rings is 1. The molecule has 1 heterocycles. The molecule has 1 aromatic carbocycles. The van der Waals surface area contributed by atoms with E-state index in [1.807, 2.05) is 62.8 Å². The lowest BCUT2D eigenvalue weighted by atomic mass is 10.1. The first-order valence-electron chi connectivity index (χ1n) is 7.96. The molecule has 124 valence electrons. The number of carbonyl (C=O) groups is 1. The predicted molar refractivity (Wildman–Crippen MR) is 90.4 cm³/mol. The lowest BCUT2D eigenvalue weighted by molar-refractivity contribution is -0.121. The van der Waals surface area contributed by atoms with Crippen LogP contribution in [0.25, 0.3) is 0 Å². The first-order chi connectivity index (χ1) is 11.0. The zero-order chi connectivity index (χ0) is 16.8. The summed E-state index contributed by atoms with van der Waals surface area (Å²) in [5.41, 5.74) is 3.15. The van der Waals surface area contributed by atoms with Crippen LogP contribution in [0.4, 0.5) is 0 Å². The maximum atomic E-state index is 12.1. The standard InChI is InChI=1S/C18H25N3O2/c1-13(18-14(2)20-21(4)15(18)3)19-17(22)11-8-12-23-16-9-6-5-7-10-16/h5-7,9-10,13H,8,11-12H2,1-4H3,(H,19,22)/t13-/m1/s1. The van der Waals surface area contributed by atoms with Crippen molar-refractivity contribution in [1.29, 1.82) is 0 Å². The number of rotatable bonds is 7. The van der Waals surface area contributed by atoms with Crippen LogP contribution in [0.3, 0.4) is 0 Å². The topological polar surface area (TPSA) is 56.2 Å². The van der Waals surface area contributed by atoms with Gasteiger partial charge in [-0.3, -0.25) is 9.48 Å². The molecule has 1 amide bonds. The molecule has 5 nitrogen and oxygen atoms in total. The van der Waals surface area contributed by atoms with Gasteiger partial charge in [0.1, 0.15) is 5.75 Å². The molecule has 0 aliphatic rings. The quantitative estimate of drug-likeness (QED) is 0.799. The second-order valence-corrected chi connectivity index (χ2v) is 5.76. The van der Waals surface area contributed by atoms with Crippen molar-refractivity contribution in [2.45, 2.75) is 39.7 Å². The minimum Gasteiger partial charge on any atom is -0.494 e. The van der Waals surface area contributed by atoms with Crippen molar-refractivity contribution in [1.82, 2.24) is 15.1 Å². The highest BCUT2D eigenvalue weighted by Gasteiger charge is 2.17. The zero-order valence-corrected chi connectivity index (χ0v) is 14.3. The smallest absolute Gasteiger partial charge is 0.220 e. The van der Waals surface area contributed by atoms with Crippen LogP contribution >= 0.6 is 0 Å². The van der Waals surface area contributed by atoms with E-state index in [0.717, 1.165) is 22.7 Å². The maximum Gasteiger partial charge on any atom is 0.220 e. The summed E-state index contributed by atoms with van der Waals surface area (Å²) >= 11 is 0. The van der Waals surface area contributed by atoms with Gasteiger partial charge in [-0.15, -0.1) is 0 Å².